The summed E-state index contributed by atoms with van der Waals surface area (Å²) in [6.45, 7) is 3.76. The Labute approximate surface area is 114 Å². The number of hydrogen-bond acceptors (Lipinski definition) is 4. The summed E-state index contributed by atoms with van der Waals surface area (Å²) in [7, 11) is 0. The third-order valence-corrected chi connectivity index (χ3v) is 3.32. The highest BCUT2D eigenvalue weighted by Gasteiger charge is 2.04. The molecular weight excluding hydrogens is 244 g/mol. The quantitative estimate of drug-likeness (QED) is 0.530. The van der Waals surface area contributed by atoms with E-state index in [0.29, 0.717) is 6.61 Å². The van der Waals surface area contributed by atoms with Gasteiger partial charge in [-0.2, -0.15) is 11.8 Å². The van der Waals surface area contributed by atoms with Crippen LogP contribution < -0.4 is 15.8 Å². The van der Waals surface area contributed by atoms with Gasteiger partial charge in [0.05, 0.1) is 18.0 Å². The molecule has 0 unspecified atom stereocenters. The van der Waals surface area contributed by atoms with Gasteiger partial charge in [0.15, 0.2) is 0 Å². The van der Waals surface area contributed by atoms with Crippen molar-refractivity contribution in [3.63, 3.8) is 0 Å². The molecule has 0 heterocycles. The number of ether oxygens (including phenoxy) is 1. The Bertz CT molecular complexity index is 345. The van der Waals surface area contributed by atoms with E-state index >= 15 is 0 Å². The summed E-state index contributed by atoms with van der Waals surface area (Å²) in [6.07, 6.45) is 5.53. The second-order valence-electron chi connectivity index (χ2n) is 4.19. The Kier molecular flexibility index (Phi) is 7.49. The van der Waals surface area contributed by atoms with Gasteiger partial charge in [0.25, 0.3) is 0 Å². The van der Waals surface area contributed by atoms with E-state index in [1.54, 1.807) is 0 Å². The number of benzene rings is 1. The maximum absolute atomic E-state index is 6.07. The lowest BCUT2D eigenvalue weighted by Crippen LogP contribution is -2.06. The SMILES string of the molecule is CCCOc1cccc(NCCCCSC)c1N. The second kappa shape index (κ2) is 8.97. The highest BCUT2D eigenvalue weighted by atomic mass is 32.2. The number of nitrogens with two attached hydrogens (primary N) is 1. The highest BCUT2D eigenvalue weighted by Crippen LogP contribution is 2.29. The predicted octanol–water partition coefficient (Wildman–Crippen LogP) is 3.61. The maximum atomic E-state index is 6.07. The molecule has 18 heavy (non-hydrogen) atoms. The second-order valence-corrected chi connectivity index (χ2v) is 5.18. The molecule has 3 N–H and O–H groups in total. The van der Waals surface area contributed by atoms with Gasteiger partial charge in [-0.1, -0.05) is 13.0 Å². The van der Waals surface area contributed by atoms with Crippen LogP contribution in [0.15, 0.2) is 18.2 Å². The van der Waals surface area contributed by atoms with Gasteiger partial charge in [-0.3, -0.25) is 0 Å². The average Bonchev–Trinajstić information content (AvgIpc) is 2.39. The first-order valence-electron chi connectivity index (χ1n) is 6.53. The molecule has 0 bridgehead atoms. The fourth-order valence-corrected chi connectivity index (χ4v) is 2.12. The normalized spacial score (nSPS) is 10.3. The Balaban J connectivity index is 2.44. The average molecular weight is 268 g/mol. The smallest absolute Gasteiger partial charge is 0.144 e. The first kappa shape index (κ1) is 15.0. The van der Waals surface area contributed by atoms with Crippen molar-refractivity contribution in [2.24, 2.45) is 0 Å². The summed E-state index contributed by atoms with van der Waals surface area (Å²) in [4.78, 5) is 0. The molecule has 0 fully saturated rings. The van der Waals surface area contributed by atoms with Gasteiger partial charge in [-0.15, -0.1) is 0 Å². The van der Waals surface area contributed by atoms with Crippen molar-refractivity contribution in [1.29, 1.82) is 0 Å². The lowest BCUT2D eigenvalue weighted by molar-refractivity contribution is 0.319. The molecule has 0 aromatic heterocycles. The third-order valence-electron chi connectivity index (χ3n) is 2.62. The van der Waals surface area contributed by atoms with E-state index < -0.39 is 0 Å². The Morgan fingerprint density at radius 3 is 2.89 bits per heavy atom. The monoisotopic (exact) mass is 268 g/mol. The number of anilines is 2. The molecule has 0 atom stereocenters. The number of nitrogen functional groups attached to an aromatic ring is 1. The summed E-state index contributed by atoms with van der Waals surface area (Å²) in [5.41, 5.74) is 7.77. The van der Waals surface area contributed by atoms with E-state index in [-0.39, 0.29) is 0 Å². The minimum absolute atomic E-state index is 0.710. The zero-order valence-electron chi connectivity index (χ0n) is 11.4. The Morgan fingerprint density at radius 1 is 1.33 bits per heavy atom. The standard InChI is InChI=1S/C14H24N2OS/c1-3-10-17-13-8-6-7-12(14(13)15)16-9-4-5-11-18-2/h6-8,16H,3-5,9-11,15H2,1-2H3. The molecule has 1 aromatic rings. The number of rotatable bonds is 9. The van der Waals surface area contributed by atoms with Crippen LogP contribution in [-0.2, 0) is 0 Å². The number of unbranched alkanes of at least 4 members (excludes halogenated alkanes) is 1. The number of nitrogens with one attached hydrogen (secondary N) is 1. The fraction of sp³-hybridized carbons (Fsp3) is 0.571. The molecule has 0 aliphatic rings. The predicted molar refractivity (Wildman–Crippen MR) is 82.7 cm³/mol. The van der Waals surface area contributed by atoms with E-state index in [0.717, 1.165) is 30.1 Å². The Morgan fingerprint density at radius 2 is 2.17 bits per heavy atom. The highest BCUT2D eigenvalue weighted by molar-refractivity contribution is 7.98. The first-order chi connectivity index (χ1) is 8.79. The minimum atomic E-state index is 0.710. The zero-order valence-corrected chi connectivity index (χ0v) is 12.2. The van der Waals surface area contributed by atoms with E-state index in [1.807, 2.05) is 30.0 Å². The van der Waals surface area contributed by atoms with Crippen LogP contribution in [0.25, 0.3) is 0 Å². The van der Waals surface area contributed by atoms with Gasteiger partial charge in [0.1, 0.15) is 5.75 Å². The summed E-state index contributed by atoms with van der Waals surface area (Å²) < 4.78 is 5.60. The van der Waals surface area contributed by atoms with Gasteiger partial charge in [0.2, 0.25) is 0 Å². The van der Waals surface area contributed by atoms with Gasteiger partial charge < -0.3 is 15.8 Å². The van der Waals surface area contributed by atoms with Crippen LogP contribution >= 0.6 is 11.8 Å². The summed E-state index contributed by atoms with van der Waals surface area (Å²) in [5, 5.41) is 3.37. The van der Waals surface area contributed by atoms with Gasteiger partial charge in [0, 0.05) is 6.54 Å². The van der Waals surface area contributed by atoms with Crippen molar-refractivity contribution >= 4 is 23.1 Å². The molecule has 1 rings (SSSR count). The minimum Gasteiger partial charge on any atom is -0.491 e. The molecule has 0 aliphatic carbocycles. The van der Waals surface area contributed by atoms with Crippen molar-refractivity contribution in [3.8, 4) is 5.75 Å². The van der Waals surface area contributed by atoms with Crippen molar-refractivity contribution < 1.29 is 4.74 Å². The van der Waals surface area contributed by atoms with Crippen molar-refractivity contribution in [1.82, 2.24) is 0 Å². The van der Waals surface area contributed by atoms with Gasteiger partial charge >= 0.3 is 0 Å². The molecule has 0 saturated carbocycles. The van der Waals surface area contributed by atoms with E-state index in [2.05, 4.69) is 18.5 Å². The zero-order chi connectivity index (χ0) is 13.2. The molecular formula is C14H24N2OS. The van der Waals surface area contributed by atoms with Crippen LogP contribution in [0.1, 0.15) is 26.2 Å². The largest absolute Gasteiger partial charge is 0.491 e. The Hall–Kier alpha value is -1.03. The lowest BCUT2D eigenvalue weighted by atomic mass is 10.2. The van der Waals surface area contributed by atoms with Crippen molar-refractivity contribution in [2.45, 2.75) is 26.2 Å². The van der Waals surface area contributed by atoms with Crippen LogP contribution in [0, 0.1) is 0 Å². The van der Waals surface area contributed by atoms with Crippen LogP contribution in [0.5, 0.6) is 5.75 Å². The van der Waals surface area contributed by atoms with Crippen LogP contribution in [-0.4, -0.2) is 25.2 Å². The molecule has 0 aliphatic heterocycles. The molecule has 4 heteroatoms. The summed E-state index contributed by atoms with van der Waals surface area (Å²) in [6, 6.07) is 5.90. The molecule has 102 valence electrons. The van der Waals surface area contributed by atoms with Crippen LogP contribution in [0.4, 0.5) is 11.4 Å². The van der Waals surface area contributed by atoms with E-state index in [4.69, 9.17) is 10.5 Å². The molecule has 0 saturated heterocycles. The third kappa shape index (κ3) is 5.08. The topological polar surface area (TPSA) is 47.3 Å². The van der Waals surface area contributed by atoms with E-state index in [9.17, 15) is 0 Å². The lowest BCUT2D eigenvalue weighted by Gasteiger charge is -2.13. The van der Waals surface area contributed by atoms with E-state index in [1.165, 1.54) is 18.6 Å². The molecule has 0 spiro atoms. The van der Waals surface area contributed by atoms with Crippen molar-refractivity contribution in [2.75, 3.05) is 36.2 Å². The van der Waals surface area contributed by atoms with Crippen LogP contribution in [0.3, 0.4) is 0 Å². The summed E-state index contributed by atoms with van der Waals surface area (Å²) >= 11 is 1.89. The molecule has 0 radical (unpaired) electrons. The maximum Gasteiger partial charge on any atom is 0.144 e. The number of thioether (sulfide) groups is 1. The summed E-state index contributed by atoms with van der Waals surface area (Å²) in [5.74, 6) is 2.00. The molecule has 0 amide bonds. The van der Waals surface area contributed by atoms with Crippen LogP contribution in [0.2, 0.25) is 0 Å². The number of hydrogen-bond donors (Lipinski definition) is 2. The number of para-hydroxylation sites is 1. The van der Waals surface area contributed by atoms with Gasteiger partial charge in [-0.25, -0.2) is 0 Å². The van der Waals surface area contributed by atoms with Crippen molar-refractivity contribution in [3.05, 3.63) is 18.2 Å². The molecule has 3 nitrogen and oxygen atoms in total. The molecule has 1 aromatic carbocycles. The van der Waals surface area contributed by atoms with Gasteiger partial charge in [-0.05, 0) is 43.4 Å². The first-order valence-corrected chi connectivity index (χ1v) is 7.93. The fourth-order valence-electron chi connectivity index (χ4n) is 1.63.